The second kappa shape index (κ2) is 6.36. The lowest BCUT2D eigenvalue weighted by atomic mass is 9.79. The average molecular weight is 305 g/mol. The number of benzene rings is 1. The molecule has 1 aromatic carbocycles. The van der Waals surface area contributed by atoms with Gasteiger partial charge in [0.25, 0.3) is 0 Å². The van der Waals surface area contributed by atoms with Crippen molar-refractivity contribution in [2.75, 3.05) is 26.2 Å². The molecule has 1 heterocycles. The molecule has 0 unspecified atom stereocenters. The average Bonchev–Trinajstić information content (AvgIpc) is 2.47. The van der Waals surface area contributed by atoms with E-state index in [1.807, 2.05) is 23.1 Å². The molecule has 1 aliphatic rings. The van der Waals surface area contributed by atoms with Gasteiger partial charge in [-0.05, 0) is 26.3 Å². The topological polar surface area (TPSA) is 69.8 Å². The third kappa shape index (κ3) is 3.32. The molecule has 1 aliphatic heterocycles. The summed E-state index contributed by atoms with van der Waals surface area (Å²) in [5.74, 6) is -0.850. The van der Waals surface area contributed by atoms with E-state index in [-0.39, 0.29) is 0 Å². The van der Waals surface area contributed by atoms with Gasteiger partial charge in [-0.3, -0.25) is 14.6 Å². The van der Waals surface area contributed by atoms with Crippen LogP contribution in [0.15, 0.2) is 30.3 Å². The second-order valence-corrected chi connectivity index (χ2v) is 6.85. The van der Waals surface area contributed by atoms with E-state index in [4.69, 9.17) is 5.73 Å². The summed E-state index contributed by atoms with van der Waals surface area (Å²) in [6, 6.07) is 10.4. The van der Waals surface area contributed by atoms with Gasteiger partial charge in [-0.1, -0.05) is 30.3 Å². The molecule has 5 heteroatoms. The number of aliphatic carboxylic acids is 1. The summed E-state index contributed by atoms with van der Waals surface area (Å²) in [5.41, 5.74) is 5.60. The summed E-state index contributed by atoms with van der Waals surface area (Å²) >= 11 is 0. The van der Waals surface area contributed by atoms with Crippen LogP contribution in [0.4, 0.5) is 0 Å². The molecule has 1 atom stereocenters. The van der Waals surface area contributed by atoms with Gasteiger partial charge in [0.2, 0.25) is 0 Å². The van der Waals surface area contributed by atoms with Gasteiger partial charge >= 0.3 is 5.97 Å². The lowest BCUT2D eigenvalue weighted by Gasteiger charge is -2.49. The Hall–Kier alpha value is -1.43. The molecule has 0 saturated carbocycles. The lowest BCUT2D eigenvalue weighted by molar-refractivity contribution is -0.156. The van der Waals surface area contributed by atoms with E-state index in [2.05, 4.69) is 17.0 Å². The molecule has 1 aromatic rings. The molecule has 0 amide bonds. The molecular weight excluding hydrogens is 278 g/mol. The molecule has 3 N–H and O–H groups in total. The van der Waals surface area contributed by atoms with Crippen LogP contribution in [-0.2, 0) is 11.3 Å². The van der Waals surface area contributed by atoms with E-state index in [1.165, 1.54) is 5.56 Å². The molecule has 1 fully saturated rings. The number of nitrogens with zero attached hydrogens (tertiary/aromatic N) is 2. The van der Waals surface area contributed by atoms with E-state index >= 15 is 0 Å². The van der Waals surface area contributed by atoms with Crippen molar-refractivity contribution < 1.29 is 9.90 Å². The maximum Gasteiger partial charge on any atom is 0.325 e. The molecule has 0 aliphatic carbocycles. The van der Waals surface area contributed by atoms with Gasteiger partial charge in [0, 0.05) is 38.3 Å². The molecule has 122 valence electrons. The van der Waals surface area contributed by atoms with Crippen LogP contribution in [0.3, 0.4) is 0 Å². The van der Waals surface area contributed by atoms with Crippen LogP contribution in [0.1, 0.15) is 26.3 Å². The Morgan fingerprint density at radius 1 is 1.14 bits per heavy atom. The van der Waals surface area contributed by atoms with E-state index in [0.29, 0.717) is 0 Å². The van der Waals surface area contributed by atoms with Crippen molar-refractivity contribution in [3.05, 3.63) is 35.9 Å². The summed E-state index contributed by atoms with van der Waals surface area (Å²) in [4.78, 5) is 16.2. The van der Waals surface area contributed by atoms with Crippen LogP contribution < -0.4 is 5.73 Å². The largest absolute Gasteiger partial charge is 0.480 e. The lowest BCUT2D eigenvalue weighted by Crippen LogP contribution is -2.71. The zero-order valence-electron chi connectivity index (χ0n) is 13.7. The fourth-order valence-electron chi connectivity index (χ4n) is 3.01. The number of carbonyl (C=O) groups is 1. The summed E-state index contributed by atoms with van der Waals surface area (Å²) in [6.07, 6.45) is 0. The number of nitrogens with two attached hydrogens (primary N) is 1. The fraction of sp³-hybridized carbons (Fsp3) is 0.588. The normalized spacial score (nSPS) is 20.5. The van der Waals surface area contributed by atoms with E-state index in [1.54, 1.807) is 20.8 Å². The van der Waals surface area contributed by atoms with Gasteiger partial charge in [-0.25, -0.2) is 0 Å². The van der Waals surface area contributed by atoms with Crippen LogP contribution >= 0.6 is 0 Å². The molecule has 5 nitrogen and oxygen atoms in total. The molecular formula is C17H27N3O2. The minimum atomic E-state index is -1.05. The first-order valence-electron chi connectivity index (χ1n) is 7.79. The highest BCUT2D eigenvalue weighted by Crippen LogP contribution is 2.28. The summed E-state index contributed by atoms with van der Waals surface area (Å²) in [7, 11) is 0. The molecule has 22 heavy (non-hydrogen) atoms. The van der Waals surface area contributed by atoms with Crippen molar-refractivity contribution >= 4 is 5.97 Å². The molecule has 1 saturated heterocycles. The molecule has 0 spiro atoms. The Morgan fingerprint density at radius 3 is 2.14 bits per heavy atom. The van der Waals surface area contributed by atoms with E-state index < -0.39 is 17.0 Å². The highest BCUT2D eigenvalue weighted by atomic mass is 16.4. The van der Waals surface area contributed by atoms with Crippen LogP contribution in [0.2, 0.25) is 0 Å². The van der Waals surface area contributed by atoms with Gasteiger partial charge in [-0.15, -0.1) is 0 Å². The first-order valence-corrected chi connectivity index (χ1v) is 7.79. The first-order chi connectivity index (χ1) is 10.2. The van der Waals surface area contributed by atoms with Crippen molar-refractivity contribution in [3.63, 3.8) is 0 Å². The SMILES string of the molecule is CC(C)(N)[C@@](C)(C(=O)O)N1CCN(Cc2ccccc2)CC1. The molecule has 0 bridgehead atoms. The van der Waals surface area contributed by atoms with Crippen molar-refractivity contribution in [1.29, 1.82) is 0 Å². The summed E-state index contributed by atoms with van der Waals surface area (Å²) in [6.45, 7) is 9.37. The Labute approximate surface area is 132 Å². The Kier molecular flexibility index (Phi) is 4.90. The highest BCUT2D eigenvalue weighted by Gasteiger charge is 2.50. The summed E-state index contributed by atoms with van der Waals surface area (Å²) in [5, 5.41) is 9.69. The maximum absolute atomic E-state index is 11.8. The number of hydrogen-bond donors (Lipinski definition) is 2. The standard InChI is InChI=1S/C17H27N3O2/c1-16(2,18)17(3,15(21)22)20-11-9-19(10-12-20)13-14-7-5-4-6-8-14/h4-8H,9-13,18H2,1-3H3,(H,21,22)/t17-/m1/s1. The molecule has 2 rings (SSSR count). The highest BCUT2D eigenvalue weighted by molar-refractivity contribution is 5.80. The Balaban J connectivity index is 2.00. The van der Waals surface area contributed by atoms with Crippen LogP contribution in [0, 0.1) is 0 Å². The van der Waals surface area contributed by atoms with Crippen LogP contribution in [0.5, 0.6) is 0 Å². The zero-order valence-corrected chi connectivity index (χ0v) is 13.7. The second-order valence-electron chi connectivity index (χ2n) is 6.85. The minimum absolute atomic E-state index is 0.719. The van der Waals surface area contributed by atoms with Crippen molar-refractivity contribution in [2.24, 2.45) is 5.73 Å². The number of piperazine rings is 1. The Bertz CT molecular complexity index is 504. The smallest absolute Gasteiger partial charge is 0.325 e. The van der Waals surface area contributed by atoms with Gasteiger partial charge in [-0.2, -0.15) is 0 Å². The number of carboxylic acid groups (broad SMARTS) is 1. The molecule has 0 radical (unpaired) electrons. The van der Waals surface area contributed by atoms with Crippen LogP contribution in [0.25, 0.3) is 0 Å². The van der Waals surface area contributed by atoms with Crippen molar-refractivity contribution in [2.45, 2.75) is 38.4 Å². The van der Waals surface area contributed by atoms with Gasteiger partial charge < -0.3 is 10.8 Å². The number of carboxylic acids is 1. The quantitative estimate of drug-likeness (QED) is 0.860. The minimum Gasteiger partial charge on any atom is -0.480 e. The third-order valence-corrected chi connectivity index (χ3v) is 4.92. The predicted octanol–water partition coefficient (Wildman–Crippen LogP) is 1.38. The van der Waals surface area contributed by atoms with Gasteiger partial charge in [0.1, 0.15) is 5.54 Å². The Morgan fingerprint density at radius 2 is 1.68 bits per heavy atom. The monoisotopic (exact) mass is 305 g/mol. The number of hydrogen-bond acceptors (Lipinski definition) is 4. The fourth-order valence-corrected chi connectivity index (χ4v) is 3.01. The van der Waals surface area contributed by atoms with E-state index in [0.717, 1.165) is 32.7 Å². The zero-order chi connectivity index (χ0) is 16.4. The van der Waals surface area contributed by atoms with E-state index in [9.17, 15) is 9.90 Å². The van der Waals surface area contributed by atoms with Crippen molar-refractivity contribution in [1.82, 2.24) is 9.80 Å². The van der Waals surface area contributed by atoms with Crippen LogP contribution in [-0.4, -0.2) is 58.1 Å². The van der Waals surface area contributed by atoms with Gasteiger partial charge in [0.15, 0.2) is 0 Å². The van der Waals surface area contributed by atoms with Crippen molar-refractivity contribution in [3.8, 4) is 0 Å². The maximum atomic E-state index is 11.8. The third-order valence-electron chi connectivity index (χ3n) is 4.92. The summed E-state index contributed by atoms with van der Waals surface area (Å²) < 4.78 is 0. The predicted molar refractivity (Wildman–Crippen MR) is 87.6 cm³/mol. The molecule has 0 aromatic heterocycles. The number of rotatable bonds is 5. The first kappa shape index (κ1) is 16.9. The van der Waals surface area contributed by atoms with Gasteiger partial charge in [0.05, 0.1) is 0 Å².